The van der Waals surface area contributed by atoms with Crippen molar-refractivity contribution in [1.29, 1.82) is 5.41 Å². The number of alkyl halides is 3. The number of hydrogen-bond donors (Lipinski definition) is 2. The quantitative estimate of drug-likeness (QED) is 0.228. The van der Waals surface area contributed by atoms with Crippen LogP contribution in [-0.4, -0.2) is 24.6 Å². The molecule has 0 radical (unpaired) electrons. The molecular weight excluding hydrogens is 479 g/mol. The van der Waals surface area contributed by atoms with Crippen LogP contribution in [-0.2, 0) is 6.18 Å². The van der Waals surface area contributed by atoms with E-state index >= 15 is 0 Å². The van der Waals surface area contributed by atoms with Gasteiger partial charge in [0.2, 0.25) is 0 Å². The monoisotopic (exact) mass is 503 g/mol. The highest BCUT2D eigenvalue weighted by Crippen LogP contribution is 2.39. The largest absolute Gasteiger partial charge is 0.497 e. The lowest BCUT2D eigenvalue weighted by molar-refractivity contribution is -0.137. The minimum absolute atomic E-state index is 0.0317. The number of nitrogen functional groups attached to an aromatic ring is 1. The normalized spacial score (nSPS) is 13.9. The van der Waals surface area contributed by atoms with Crippen molar-refractivity contribution in [1.82, 2.24) is 4.57 Å². The summed E-state index contributed by atoms with van der Waals surface area (Å²) in [5.41, 5.74) is 7.83. The zero-order chi connectivity index (χ0) is 26.3. The maximum Gasteiger partial charge on any atom is 0.417 e. The van der Waals surface area contributed by atoms with E-state index in [0.29, 0.717) is 12.0 Å². The predicted octanol–water partition coefficient (Wildman–Crippen LogP) is 7.00. The Kier molecular flexibility index (Phi) is 6.03. The molecule has 0 saturated heterocycles. The van der Waals surface area contributed by atoms with Gasteiger partial charge in [0.15, 0.2) is 0 Å². The smallest absolute Gasteiger partial charge is 0.417 e. The number of methoxy groups -OCH3 is 2. The second-order valence-electron chi connectivity index (χ2n) is 8.63. The number of benzene rings is 3. The summed E-state index contributed by atoms with van der Waals surface area (Å²) in [6.07, 6.45) is 3.10. The van der Waals surface area contributed by atoms with Gasteiger partial charge in [-0.15, -0.1) is 0 Å². The second kappa shape index (κ2) is 9.20. The van der Waals surface area contributed by atoms with Crippen LogP contribution in [0.5, 0.6) is 11.5 Å². The van der Waals surface area contributed by atoms with E-state index in [-0.39, 0.29) is 11.1 Å². The molecular formula is C29H24F3N3O2. The maximum absolute atomic E-state index is 13.9. The Hall–Kier alpha value is -4.46. The first-order chi connectivity index (χ1) is 17.7. The molecule has 0 aliphatic heterocycles. The molecule has 0 bridgehead atoms. The number of aromatic nitrogens is 1. The number of halogens is 3. The van der Waals surface area contributed by atoms with Crippen molar-refractivity contribution in [2.75, 3.05) is 14.2 Å². The molecule has 3 N–H and O–H groups in total. The van der Waals surface area contributed by atoms with Crippen molar-refractivity contribution < 1.29 is 22.6 Å². The Morgan fingerprint density at radius 1 is 0.865 bits per heavy atom. The van der Waals surface area contributed by atoms with Gasteiger partial charge in [0, 0.05) is 22.0 Å². The van der Waals surface area contributed by atoms with E-state index < -0.39 is 17.6 Å². The average molecular weight is 504 g/mol. The van der Waals surface area contributed by atoms with Gasteiger partial charge in [0.1, 0.15) is 17.3 Å². The van der Waals surface area contributed by atoms with Crippen LogP contribution < -0.4 is 15.2 Å². The number of nitrogens with one attached hydrogen (secondary N) is 1. The molecule has 5 rings (SSSR count). The average Bonchev–Trinajstić information content (AvgIpc) is 3.02. The summed E-state index contributed by atoms with van der Waals surface area (Å²) in [5.74, 6) is 1.03. The number of nitrogens with zero attached hydrogens (tertiary/aromatic N) is 1. The van der Waals surface area contributed by atoms with Crippen molar-refractivity contribution in [3.63, 3.8) is 0 Å². The first-order valence-electron chi connectivity index (χ1n) is 11.5. The van der Waals surface area contributed by atoms with E-state index in [0.717, 1.165) is 45.1 Å². The molecule has 3 aromatic carbocycles. The number of ether oxygens (including phenoxy) is 2. The van der Waals surface area contributed by atoms with Crippen LogP contribution in [0.1, 0.15) is 23.1 Å². The van der Waals surface area contributed by atoms with Crippen LogP contribution in [0.15, 0.2) is 78.9 Å². The van der Waals surface area contributed by atoms with Gasteiger partial charge in [-0.2, -0.15) is 13.2 Å². The molecule has 0 spiro atoms. The van der Waals surface area contributed by atoms with Crippen LogP contribution in [0.3, 0.4) is 0 Å². The Morgan fingerprint density at radius 3 is 2.03 bits per heavy atom. The lowest BCUT2D eigenvalue weighted by atomic mass is 9.96. The lowest BCUT2D eigenvalue weighted by Crippen LogP contribution is -2.15. The maximum atomic E-state index is 13.9. The predicted molar refractivity (Wildman–Crippen MR) is 141 cm³/mol. The molecule has 0 saturated carbocycles. The molecule has 37 heavy (non-hydrogen) atoms. The van der Waals surface area contributed by atoms with Gasteiger partial charge in [-0.05, 0) is 66.1 Å². The van der Waals surface area contributed by atoms with Gasteiger partial charge in [-0.25, -0.2) is 0 Å². The zero-order valence-corrected chi connectivity index (χ0v) is 20.2. The number of amidine groups is 1. The molecule has 8 heteroatoms. The molecule has 1 aromatic heterocycles. The van der Waals surface area contributed by atoms with E-state index in [1.807, 2.05) is 48.6 Å². The van der Waals surface area contributed by atoms with Crippen molar-refractivity contribution in [3.8, 4) is 11.5 Å². The third-order valence-corrected chi connectivity index (χ3v) is 6.48. The topological polar surface area (TPSA) is 73.3 Å². The summed E-state index contributed by atoms with van der Waals surface area (Å²) in [6, 6.07) is 15.4. The Bertz CT molecular complexity index is 1580. The van der Waals surface area contributed by atoms with Crippen LogP contribution in [0.4, 0.5) is 13.2 Å². The first-order valence-corrected chi connectivity index (χ1v) is 11.5. The molecule has 1 aliphatic carbocycles. The number of allylic oxidation sites excluding steroid dienone is 6. The van der Waals surface area contributed by atoms with E-state index in [1.54, 1.807) is 26.4 Å². The molecule has 1 aliphatic rings. The van der Waals surface area contributed by atoms with Gasteiger partial charge < -0.3 is 19.8 Å². The summed E-state index contributed by atoms with van der Waals surface area (Å²) in [4.78, 5) is 0. The minimum atomic E-state index is -4.59. The number of nitrogens with two attached hydrogens (primary N) is 1. The summed E-state index contributed by atoms with van der Waals surface area (Å²) in [5, 5.41) is 9.47. The third-order valence-electron chi connectivity index (χ3n) is 6.48. The van der Waals surface area contributed by atoms with E-state index in [4.69, 9.17) is 20.6 Å². The summed E-state index contributed by atoms with van der Waals surface area (Å²) < 4.78 is 54.7. The van der Waals surface area contributed by atoms with E-state index in [1.165, 1.54) is 12.1 Å². The van der Waals surface area contributed by atoms with Crippen molar-refractivity contribution in [2.45, 2.75) is 12.6 Å². The van der Waals surface area contributed by atoms with Gasteiger partial charge in [0.25, 0.3) is 0 Å². The fourth-order valence-corrected chi connectivity index (χ4v) is 4.70. The summed E-state index contributed by atoms with van der Waals surface area (Å²) in [7, 11) is 3.23. The fraction of sp³-hybridized carbons (Fsp3) is 0.138. The summed E-state index contributed by atoms with van der Waals surface area (Å²) in [6.45, 7) is 0. The second-order valence-corrected chi connectivity index (χ2v) is 8.63. The van der Waals surface area contributed by atoms with Gasteiger partial charge in [0.05, 0.1) is 30.8 Å². The Labute approximate surface area is 211 Å². The molecule has 188 valence electrons. The van der Waals surface area contributed by atoms with Crippen LogP contribution in [0, 0.1) is 5.41 Å². The van der Waals surface area contributed by atoms with Crippen molar-refractivity contribution in [2.24, 2.45) is 5.73 Å². The SMILES string of the molecule is COc1ccc2c(c1)c1cc(OC)ccc1n2C1=CCC=C(c2ccc(C(=N)N)cc2C(F)(F)F)C=C1. The Balaban J connectivity index is 1.63. The molecule has 4 aromatic rings. The zero-order valence-electron chi connectivity index (χ0n) is 20.2. The van der Waals surface area contributed by atoms with Crippen LogP contribution >= 0.6 is 0 Å². The standard InChI is InChI=1S/C29H24F3N3O2/c1-36-20-9-12-26-23(15-20)24-16-21(37-2)10-13-27(24)35(26)19-5-3-4-17(6-8-19)22-11-7-18(28(33)34)14-25(22)29(30,31)32/h4-16H,3H2,1-2H3,(H3,33,34). The number of hydrogen-bond acceptors (Lipinski definition) is 3. The highest BCUT2D eigenvalue weighted by atomic mass is 19.4. The molecule has 5 nitrogen and oxygen atoms in total. The molecule has 0 unspecified atom stereocenters. The highest BCUT2D eigenvalue weighted by Gasteiger charge is 2.34. The van der Waals surface area contributed by atoms with Gasteiger partial charge >= 0.3 is 6.18 Å². The van der Waals surface area contributed by atoms with E-state index in [2.05, 4.69) is 4.57 Å². The third kappa shape index (κ3) is 4.35. The summed E-state index contributed by atoms with van der Waals surface area (Å²) >= 11 is 0. The minimum Gasteiger partial charge on any atom is -0.497 e. The molecule has 0 fully saturated rings. The van der Waals surface area contributed by atoms with Gasteiger partial charge in [-0.3, -0.25) is 5.41 Å². The molecule has 0 amide bonds. The highest BCUT2D eigenvalue weighted by molar-refractivity contribution is 6.11. The van der Waals surface area contributed by atoms with E-state index in [9.17, 15) is 13.2 Å². The van der Waals surface area contributed by atoms with Gasteiger partial charge in [-0.1, -0.05) is 30.4 Å². The number of fused-ring (bicyclic) bond motifs is 3. The first kappa shape index (κ1) is 24.2. The van der Waals surface area contributed by atoms with Crippen molar-refractivity contribution >= 4 is 38.9 Å². The lowest BCUT2D eigenvalue weighted by Gasteiger charge is -2.15. The van der Waals surface area contributed by atoms with Crippen molar-refractivity contribution in [3.05, 3.63) is 95.6 Å². The van der Waals surface area contributed by atoms with Crippen LogP contribution in [0.25, 0.3) is 33.1 Å². The fourth-order valence-electron chi connectivity index (χ4n) is 4.70. The molecule has 0 atom stereocenters. The molecule has 1 heterocycles. The van der Waals surface area contributed by atoms with Crippen LogP contribution in [0.2, 0.25) is 0 Å². The Morgan fingerprint density at radius 2 is 1.49 bits per heavy atom. The number of rotatable bonds is 5.